The maximum absolute atomic E-state index is 10.8. The lowest BCUT2D eigenvalue weighted by molar-refractivity contribution is 0.112. The number of nitrogens with zero attached hydrogens (tertiary/aromatic N) is 1. The molecule has 15 heavy (non-hydrogen) atoms. The van der Waals surface area contributed by atoms with Gasteiger partial charge in [-0.1, -0.05) is 15.9 Å². The van der Waals surface area contributed by atoms with Crippen LogP contribution < -0.4 is 0 Å². The summed E-state index contributed by atoms with van der Waals surface area (Å²) in [4.78, 5) is 15.6. The van der Waals surface area contributed by atoms with Gasteiger partial charge in [0.05, 0.1) is 6.20 Å². The van der Waals surface area contributed by atoms with Gasteiger partial charge in [0.15, 0.2) is 6.29 Å². The zero-order valence-corrected chi connectivity index (χ0v) is 9.92. The molecule has 0 N–H and O–H groups in total. The molecule has 0 fully saturated rings. The van der Waals surface area contributed by atoms with Gasteiger partial charge in [-0.25, -0.2) is 4.98 Å². The minimum Gasteiger partial charge on any atom is -0.440 e. The van der Waals surface area contributed by atoms with Crippen LogP contribution >= 0.6 is 27.7 Å². The molecule has 1 aromatic heterocycles. The van der Waals surface area contributed by atoms with Gasteiger partial charge in [-0.2, -0.15) is 0 Å². The van der Waals surface area contributed by atoms with Crippen molar-refractivity contribution in [2.24, 2.45) is 0 Å². The number of halogens is 1. The Morgan fingerprint density at radius 3 is 3.00 bits per heavy atom. The molecule has 1 heterocycles. The van der Waals surface area contributed by atoms with E-state index in [0.29, 0.717) is 10.8 Å². The van der Waals surface area contributed by atoms with Crippen molar-refractivity contribution < 1.29 is 9.21 Å². The Balaban J connectivity index is 2.34. The van der Waals surface area contributed by atoms with Crippen LogP contribution in [0.4, 0.5) is 0 Å². The molecule has 0 aliphatic heterocycles. The Hall–Kier alpha value is -1.07. The number of oxazole rings is 1. The topological polar surface area (TPSA) is 43.1 Å². The van der Waals surface area contributed by atoms with Crippen LogP contribution in [0.25, 0.3) is 0 Å². The molecule has 0 spiro atoms. The van der Waals surface area contributed by atoms with Crippen LogP contribution in [-0.2, 0) is 0 Å². The van der Waals surface area contributed by atoms with Crippen LogP contribution in [0.3, 0.4) is 0 Å². The van der Waals surface area contributed by atoms with Gasteiger partial charge in [0.25, 0.3) is 5.22 Å². The number of benzene rings is 1. The Morgan fingerprint density at radius 1 is 1.47 bits per heavy atom. The van der Waals surface area contributed by atoms with E-state index in [2.05, 4.69) is 20.9 Å². The number of aldehydes is 1. The van der Waals surface area contributed by atoms with E-state index in [-0.39, 0.29) is 0 Å². The van der Waals surface area contributed by atoms with Gasteiger partial charge in [0.1, 0.15) is 6.26 Å². The van der Waals surface area contributed by atoms with Gasteiger partial charge in [-0.05, 0) is 30.0 Å². The van der Waals surface area contributed by atoms with Gasteiger partial charge in [-0.15, -0.1) is 0 Å². The van der Waals surface area contributed by atoms with Gasteiger partial charge in [0, 0.05) is 14.9 Å². The molecule has 3 nitrogen and oxygen atoms in total. The van der Waals surface area contributed by atoms with Gasteiger partial charge >= 0.3 is 0 Å². The second-order valence-corrected chi connectivity index (χ2v) is 4.61. The molecule has 2 aromatic rings. The summed E-state index contributed by atoms with van der Waals surface area (Å²) in [7, 11) is 0. The molecule has 0 aliphatic rings. The van der Waals surface area contributed by atoms with Crippen molar-refractivity contribution in [3.05, 3.63) is 40.7 Å². The number of aromatic nitrogens is 1. The second kappa shape index (κ2) is 4.63. The first kappa shape index (κ1) is 10.4. The van der Waals surface area contributed by atoms with E-state index in [1.165, 1.54) is 18.0 Å². The Morgan fingerprint density at radius 2 is 2.33 bits per heavy atom. The molecule has 2 rings (SSSR count). The van der Waals surface area contributed by atoms with Gasteiger partial charge in [0.2, 0.25) is 0 Å². The minimum absolute atomic E-state index is 0.524. The zero-order chi connectivity index (χ0) is 10.7. The zero-order valence-electron chi connectivity index (χ0n) is 7.51. The second-order valence-electron chi connectivity index (χ2n) is 2.70. The molecule has 0 saturated carbocycles. The fourth-order valence-corrected chi connectivity index (χ4v) is 2.39. The first-order chi connectivity index (χ1) is 7.29. The molecule has 0 amide bonds. The predicted molar refractivity (Wildman–Crippen MR) is 60.2 cm³/mol. The van der Waals surface area contributed by atoms with Crippen LogP contribution in [0.1, 0.15) is 10.4 Å². The lowest BCUT2D eigenvalue weighted by atomic mass is 10.2. The molecule has 5 heteroatoms. The van der Waals surface area contributed by atoms with E-state index in [1.54, 1.807) is 12.3 Å². The molecule has 0 bridgehead atoms. The normalized spacial score (nSPS) is 10.2. The summed E-state index contributed by atoms with van der Waals surface area (Å²) in [6, 6.07) is 5.43. The molecular weight excluding hydrogens is 278 g/mol. The molecule has 0 unspecified atom stereocenters. The van der Waals surface area contributed by atoms with E-state index in [0.717, 1.165) is 15.7 Å². The summed E-state index contributed by atoms with van der Waals surface area (Å²) >= 11 is 4.67. The highest BCUT2D eigenvalue weighted by atomic mass is 79.9. The number of carbonyl (C=O) groups is 1. The smallest absolute Gasteiger partial charge is 0.260 e. The molecule has 0 saturated heterocycles. The van der Waals surface area contributed by atoms with Crippen molar-refractivity contribution >= 4 is 34.0 Å². The summed E-state index contributed by atoms with van der Waals surface area (Å²) < 4.78 is 6.02. The lowest BCUT2D eigenvalue weighted by Crippen LogP contribution is -1.84. The van der Waals surface area contributed by atoms with Gasteiger partial charge in [-0.3, -0.25) is 4.79 Å². The predicted octanol–water partition coefficient (Wildman–Crippen LogP) is 3.40. The summed E-state index contributed by atoms with van der Waals surface area (Å²) in [6.07, 6.45) is 3.89. The third-order valence-corrected chi connectivity index (χ3v) is 3.15. The summed E-state index contributed by atoms with van der Waals surface area (Å²) in [6.45, 7) is 0. The molecule has 76 valence electrons. The third-order valence-electron chi connectivity index (χ3n) is 1.71. The highest BCUT2D eigenvalue weighted by Gasteiger charge is 2.07. The van der Waals surface area contributed by atoms with Crippen molar-refractivity contribution in [1.29, 1.82) is 0 Å². The molecular formula is C10H6BrNO2S. The van der Waals surface area contributed by atoms with Crippen molar-refractivity contribution in [2.75, 3.05) is 0 Å². The Labute approximate surface area is 99.0 Å². The molecule has 0 aliphatic carbocycles. The first-order valence-corrected chi connectivity index (χ1v) is 5.72. The molecule has 0 radical (unpaired) electrons. The SMILES string of the molecule is O=Cc1ccc(Br)cc1Sc1ncco1. The third kappa shape index (κ3) is 2.49. The Kier molecular flexibility index (Phi) is 3.23. The molecule has 0 atom stereocenters. The van der Waals surface area contributed by atoms with E-state index in [1.807, 2.05) is 12.1 Å². The highest BCUT2D eigenvalue weighted by molar-refractivity contribution is 9.10. The number of hydrogen-bond donors (Lipinski definition) is 0. The number of carbonyl (C=O) groups excluding carboxylic acids is 1. The van der Waals surface area contributed by atoms with Crippen LogP contribution in [0, 0.1) is 0 Å². The summed E-state index contributed by atoms with van der Waals surface area (Å²) in [5.74, 6) is 0. The highest BCUT2D eigenvalue weighted by Crippen LogP contribution is 2.30. The Bertz CT molecular complexity index is 470. The van der Waals surface area contributed by atoms with E-state index < -0.39 is 0 Å². The molecule has 1 aromatic carbocycles. The maximum atomic E-state index is 10.8. The average molecular weight is 284 g/mol. The van der Waals surface area contributed by atoms with Crippen LogP contribution in [-0.4, -0.2) is 11.3 Å². The first-order valence-electron chi connectivity index (χ1n) is 4.11. The fourth-order valence-electron chi connectivity index (χ4n) is 1.05. The van der Waals surface area contributed by atoms with Crippen LogP contribution in [0.2, 0.25) is 0 Å². The van der Waals surface area contributed by atoms with Crippen molar-refractivity contribution in [2.45, 2.75) is 10.1 Å². The summed E-state index contributed by atoms with van der Waals surface area (Å²) in [5.41, 5.74) is 0.626. The largest absolute Gasteiger partial charge is 0.440 e. The van der Waals surface area contributed by atoms with E-state index in [9.17, 15) is 4.79 Å². The maximum Gasteiger partial charge on any atom is 0.260 e. The van der Waals surface area contributed by atoms with Crippen LogP contribution in [0.15, 0.2) is 49.7 Å². The quantitative estimate of drug-likeness (QED) is 0.810. The number of hydrogen-bond acceptors (Lipinski definition) is 4. The van der Waals surface area contributed by atoms with Gasteiger partial charge < -0.3 is 4.42 Å². The average Bonchev–Trinajstić information content (AvgIpc) is 2.71. The van der Waals surface area contributed by atoms with Crippen molar-refractivity contribution in [3.63, 3.8) is 0 Å². The van der Waals surface area contributed by atoms with Crippen LogP contribution in [0.5, 0.6) is 0 Å². The fraction of sp³-hybridized carbons (Fsp3) is 0. The van der Waals surface area contributed by atoms with E-state index in [4.69, 9.17) is 4.42 Å². The van der Waals surface area contributed by atoms with E-state index >= 15 is 0 Å². The van der Waals surface area contributed by atoms with Crippen molar-refractivity contribution in [1.82, 2.24) is 4.98 Å². The monoisotopic (exact) mass is 283 g/mol. The van der Waals surface area contributed by atoms with Crippen molar-refractivity contribution in [3.8, 4) is 0 Å². The lowest BCUT2D eigenvalue weighted by Gasteiger charge is -2.01. The standard InChI is InChI=1S/C10H6BrNO2S/c11-8-2-1-7(6-13)9(5-8)15-10-12-3-4-14-10/h1-6H. The summed E-state index contributed by atoms with van der Waals surface area (Å²) in [5, 5.41) is 0.524. The number of rotatable bonds is 3. The minimum atomic E-state index is 0.524.